The molecule has 0 aromatic heterocycles. The molecule has 3 nitrogen and oxygen atoms in total. The third-order valence-electron chi connectivity index (χ3n) is 2.80. The largest absolute Gasteiger partial charge is 0.326 e. The van der Waals surface area contributed by atoms with Gasteiger partial charge in [-0.1, -0.05) is 30.3 Å². The number of benzene rings is 1. The third-order valence-corrected chi connectivity index (χ3v) is 4.30. The fourth-order valence-electron chi connectivity index (χ4n) is 1.84. The van der Waals surface area contributed by atoms with E-state index in [2.05, 4.69) is 0 Å². The average Bonchev–Trinajstić information content (AvgIpc) is 2.29. The zero-order valence-corrected chi connectivity index (χ0v) is 9.83. The van der Waals surface area contributed by atoms with Gasteiger partial charge in [0, 0.05) is 6.54 Å². The molecule has 0 amide bonds. The average molecular weight is 237 g/mol. The predicted octanol–water partition coefficient (Wildman–Crippen LogP) is 1.35. The van der Waals surface area contributed by atoms with E-state index in [0.717, 1.165) is 16.7 Å². The van der Waals surface area contributed by atoms with Crippen molar-refractivity contribution < 1.29 is 8.42 Å². The highest BCUT2D eigenvalue weighted by atomic mass is 32.2. The quantitative estimate of drug-likeness (QED) is 0.844. The van der Waals surface area contributed by atoms with Gasteiger partial charge in [0.15, 0.2) is 9.84 Å². The van der Waals surface area contributed by atoms with Gasteiger partial charge >= 0.3 is 0 Å². The Labute approximate surface area is 95.9 Å². The Bertz CT molecular complexity index is 518. The molecule has 0 unspecified atom stereocenters. The van der Waals surface area contributed by atoms with E-state index in [1.807, 2.05) is 30.3 Å². The van der Waals surface area contributed by atoms with Gasteiger partial charge in [0.05, 0.1) is 11.5 Å². The fourth-order valence-corrected chi connectivity index (χ4v) is 2.99. The molecule has 0 spiro atoms. The standard InChI is InChI=1S/C12H15NO2S/c13-9-10-2-1-3-12(8-10)11-4-6-16(14,15)7-5-11/h1-4,8H,5-7,9,13H2. The van der Waals surface area contributed by atoms with Crippen molar-refractivity contribution in [3.8, 4) is 0 Å². The van der Waals surface area contributed by atoms with Crippen LogP contribution in [-0.4, -0.2) is 19.9 Å². The van der Waals surface area contributed by atoms with Crippen molar-refractivity contribution in [3.05, 3.63) is 41.5 Å². The minimum atomic E-state index is -2.84. The summed E-state index contributed by atoms with van der Waals surface area (Å²) in [6.07, 6.45) is 2.42. The first-order valence-electron chi connectivity index (χ1n) is 5.29. The number of allylic oxidation sites excluding steroid dienone is 1. The Morgan fingerprint density at radius 3 is 2.75 bits per heavy atom. The fraction of sp³-hybridized carbons (Fsp3) is 0.333. The van der Waals surface area contributed by atoms with Crippen LogP contribution in [0.3, 0.4) is 0 Å². The van der Waals surface area contributed by atoms with Gasteiger partial charge in [0.25, 0.3) is 0 Å². The molecule has 4 heteroatoms. The second-order valence-electron chi connectivity index (χ2n) is 4.00. The first-order valence-corrected chi connectivity index (χ1v) is 7.12. The molecular weight excluding hydrogens is 222 g/mol. The predicted molar refractivity (Wildman–Crippen MR) is 65.6 cm³/mol. The van der Waals surface area contributed by atoms with Crippen molar-refractivity contribution in [3.63, 3.8) is 0 Å². The summed E-state index contributed by atoms with van der Waals surface area (Å²) in [5.74, 6) is 0.418. The summed E-state index contributed by atoms with van der Waals surface area (Å²) < 4.78 is 22.6. The van der Waals surface area contributed by atoms with Crippen LogP contribution < -0.4 is 5.73 Å². The Balaban J connectivity index is 2.28. The van der Waals surface area contributed by atoms with Crippen LogP contribution in [0.5, 0.6) is 0 Å². The molecule has 1 heterocycles. The van der Waals surface area contributed by atoms with E-state index in [1.165, 1.54) is 0 Å². The topological polar surface area (TPSA) is 60.2 Å². The van der Waals surface area contributed by atoms with E-state index in [0.29, 0.717) is 13.0 Å². The minimum Gasteiger partial charge on any atom is -0.326 e. The van der Waals surface area contributed by atoms with Gasteiger partial charge in [0.1, 0.15) is 0 Å². The number of nitrogens with two attached hydrogens (primary N) is 1. The van der Waals surface area contributed by atoms with Crippen molar-refractivity contribution in [2.24, 2.45) is 5.73 Å². The second-order valence-corrected chi connectivity index (χ2v) is 6.23. The summed E-state index contributed by atoms with van der Waals surface area (Å²) >= 11 is 0. The molecule has 0 radical (unpaired) electrons. The molecule has 0 saturated carbocycles. The van der Waals surface area contributed by atoms with Crippen LogP contribution in [0, 0.1) is 0 Å². The van der Waals surface area contributed by atoms with E-state index in [-0.39, 0.29) is 11.5 Å². The maximum atomic E-state index is 11.3. The molecule has 0 saturated heterocycles. The van der Waals surface area contributed by atoms with Crippen LogP contribution in [0.15, 0.2) is 30.3 Å². The molecule has 1 aromatic rings. The Kier molecular flexibility index (Phi) is 3.12. The molecule has 0 aliphatic carbocycles. The highest BCUT2D eigenvalue weighted by Gasteiger charge is 2.17. The number of hydrogen-bond acceptors (Lipinski definition) is 3. The normalized spacial score (nSPS) is 19.2. The van der Waals surface area contributed by atoms with Crippen LogP contribution in [0.1, 0.15) is 17.5 Å². The summed E-state index contributed by atoms with van der Waals surface area (Å²) in [6.45, 7) is 0.513. The molecule has 0 fully saturated rings. The Morgan fingerprint density at radius 1 is 1.31 bits per heavy atom. The molecule has 2 rings (SSSR count). The molecule has 0 bridgehead atoms. The summed E-state index contributed by atoms with van der Waals surface area (Å²) in [5, 5.41) is 0. The molecule has 1 aromatic carbocycles. The van der Waals surface area contributed by atoms with Crippen LogP contribution in [0.2, 0.25) is 0 Å². The highest BCUT2D eigenvalue weighted by Crippen LogP contribution is 2.23. The van der Waals surface area contributed by atoms with Crippen molar-refractivity contribution in [1.82, 2.24) is 0 Å². The van der Waals surface area contributed by atoms with Gasteiger partial charge in [-0.2, -0.15) is 0 Å². The van der Waals surface area contributed by atoms with E-state index in [9.17, 15) is 8.42 Å². The van der Waals surface area contributed by atoms with Crippen LogP contribution in [-0.2, 0) is 16.4 Å². The molecule has 16 heavy (non-hydrogen) atoms. The molecule has 0 atom stereocenters. The Hall–Kier alpha value is -1.13. The monoisotopic (exact) mass is 237 g/mol. The summed E-state index contributed by atoms with van der Waals surface area (Å²) in [7, 11) is -2.84. The van der Waals surface area contributed by atoms with Gasteiger partial charge in [0.2, 0.25) is 0 Å². The lowest BCUT2D eigenvalue weighted by Crippen LogP contribution is -2.15. The zero-order valence-electron chi connectivity index (χ0n) is 9.02. The molecule has 2 N–H and O–H groups in total. The van der Waals surface area contributed by atoms with Gasteiger partial charge in [-0.3, -0.25) is 0 Å². The van der Waals surface area contributed by atoms with Gasteiger partial charge in [-0.05, 0) is 23.1 Å². The number of sulfone groups is 1. The van der Waals surface area contributed by atoms with Gasteiger partial charge in [-0.15, -0.1) is 0 Å². The summed E-state index contributed by atoms with van der Waals surface area (Å²) in [6, 6.07) is 7.97. The van der Waals surface area contributed by atoms with Crippen LogP contribution in [0.4, 0.5) is 0 Å². The highest BCUT2D eigenvalue weighted by molar-refractivity contribution is 7.91. The lowest BCUT2D eigenvalue weighted by Gasteiger charge is -2.14. The van der Waals surface area contributed by atoms with Crippen LogP contribution in [0.25, 0.3) is 5.57 Å². The van der Waals surface area contributed by atoms with Crippen molar-refractivity contribution in [1.29, 1.82) is 0 Å². The lowest BCUT2D eigenvalue weighted by atomic mass is 10.0. The zero-order chi connectivity index (χ0) is 11.6. The maximum absolute atomic E-state index is 11.3. The third kappa shape index (κ3) is 2.51. The first kappa shape index (κ1) is 11.4. The van der Waals surface area contributed by atoms with E-state index in [4.69, 9.17) is 5.73 Å². The summed E-state index contributed by atoms with van der Waals surface area (Å²) in [4.78, 5) is 0. The minimum absolute atomic E-state index is 0.162. The van der Waals surface area contributed by atoms with Crippen molar-refractivity contribution >= 4 is 15.4 Å². The molecule has 86 valence electrons. The summed E-state index contributed by atoms with van der Waals surface area (Å²) in [5.41, 5.74) is 8.86. The van der Waals surface area contributed by atoms with Crippen molar-refractivity contribution in [2.45, 2.75) is 13.0 Å². The number of hydrogen-bond donors (Lipinski definition) is 1. The number of rotatable bonds is 2. The van der Waals surface area contributed by atoms with E-state index < -0.39 is 9.84 Å². The van der Waals surface area contributed by atoms with Crippen LogP contribution >= 0.6 is 0 Å². The molecular formula is C12H15NO2S. The SMILES string of the molecule is NCc1cccc(C2=CCS(=O)(=O)CC2)c1. The molecule has 1 aliphatic rings. The lowest BCUT2D eigenvalue weighted by molar-refractivity contribution is 0.598. The smallest absolute Gasteiger partial charge is 0.154 e. The second kappa shape index (κ2) is 4.39. The van der Waals surface area contributed by atoms with Gasteiger partial charge < -0.3 is 5.73 Å². The Morgan fingerprint density at radius 2 is 2.12 bits per heavy atom. The maximum Gasteiger partial charge on any atom is 0.154 e. The van der Waals surface area contributed by atoms with E-state index >= 15 is 0 Å². The first-order chi connectivity index (χ1) is 7.61. The van der Waals surface area contributed by atoms with Gasteiger partial charge in [-0.25, -0.2) is 8.42 Å². The van der Waals surface area contributed by atoms with E-state index in [1.54, 1.807) is 0 Å². The molecule has 1 aliphatic heterocycles. The van der Waals surface area contributed by atoms with Crippen molar-refractivity contribution in [2.75, 3.05) is 11.5 Å².